The van der Waals surface area contributed by atoms with Crippen molar-refractivity contribution in [2.24, 2.45) is 5.92 Å². The molecule has 0 saturated carbocycles. The molecule has 2 rings (SSSR count). The number of carbonyl (C=O) groups excluding carboxylic acids is 1. The molecule has 0 spiro atoms. The molecule has 0 aliphatic carbocycles. The highest BCUT2D eigenvalue weighted by Crippen LogP contribution is 2.09. The lowest BCUT2D eigenvalue weighted by Gasteiger charge is -2.17. The van der Waals surface area contributed by atoms with Crippen molar-refractivity contribution in [3.63, 3.8) is 0 Å². The van der Waals surface area contributed by atoms with Crippen LogP contribution in [0, 0.1) is 5.92 Å². The Balaban J connectivity index is 1.85. The van der Waals surface area contributed by atoms with E-state index in [9.17, 15) is 4.79 Å². The molecular weight excluding hydrogens is 216 g/mol. The number of pyridine rings is 1. The molecule has 3 N–H and O–H groups in total. The Morgan fingerprint density at radius 2 is 2.47 bits per heavy atom. The largest absolute Gasteiger partial charge is 0.352 e. The van der Waals surface area contributed by atoms with Gasteiger partial charge in [0.15, 0.2) is 0 Å². The van der Waals surface area contributed by atoms with Crippen LogP contribution < -0.4 is 16.0 Å². The summed E-state index contributed by atoms with van der Waals surface area (Å²) in [7, 11) is 1.89. The van der Waals surface area contributed by atoms with Crippen molar-refractivity contribution in [1.82, 2.24) is 20.9 Å². The van der Waals surface area contributed by atoms with E-state index in [0.29, 0.717) is 6.54 Å². The lowest BCUT2D eigenvalue weighted by Crippen LogP contribution is -2.42. The van der Waals surface area contributed by atoms with E-state index < -0.39 is 0 Å². The number of carbonyl (C=O) groups is 1. The standard InChI is InChI=1S/C12H18N4O/c1-13-11-8-15-7-10(11)12(17)16-6-9-3-2-4-14-5-9/h2-5,10-11,13,15H,6-8H2,1H3,(H,16,17). The first-order valence-electron chi connectivity index (χ1n) is 5.86. The fourth-order valence-corrected chi connectivity index (χ4v) is 2.08. The van der Waals surface area contributed by atoms with Gasteiger partial charge in [-0.15, -0.1) is 0 Å². The Labute approximate surface area is 101 Å². The van der Waals surface area contributed by atoms with E-state index in [4.69, 9.17) is 0 Å². The molecule has 1 aliphatic rings. The summed E-state index contributed by atoms with van der Waals surface area (Å²) in [6.45, 7) is 2.13. The summed E-state index contributed by atoms with van der Waals surface area (Å²) < 4.78 is 0. The average molecular weight is 234 g/mol. The number of aromatic nitrogens is 1. The summed E-state index contributed by atoms with van der Waals surface area (Å²) in [6.07, 6.45) is 3.49. The smallest absolute Gasteiger partial charge is 0.226 e. The lowest BCUT2D eigenvalue weighted by molar-refractivity contribution is -0.125. The second kappa shape index (κ2) is 5.75. The number of amides is 1. The SMILES string of the molecule is CNC1CNCC1C(=O)NCc1cccnc1. The van der Waals surface area contributed by atoms with Gasteiger partial charge in [0.2, 0.25) is 5.91 Å². The van der Waals surface area contributed by atoms with Crippen molar-refractivity contribution in [3.8, 4) is 0 Å². The first kappa shape index (κ1) is 12.0. The summed E-state index contributed by atoms with van der Waals surface area (Å²) >= 11 is 0. The quantitative estimate of drug-likeness (QED) is 0.657. The minimum absolute atomic E-state index is 0.0108. The van der Waals surface area contributed by atoms with Crippen LogP contribution in [-0.2, 0) is 11.3 Å². The van der Waals surface area contributed by atoms with Gasteiger partial charge in [0.1, 0.15) is 0 Å². The van der Waals surface area contributed by atoms with Crippen LogP contribution in [0.2, 0.25) is 0 Å². The van der Waals surface area contributed by atoms with E-state index in [1.165, 1.54) is 0 Å². The third kappa shape index (κ3) is 3.01. The van der Waals surface area contributed by atoms with Gasteiger partial charge in [-0.1, -0.05) is 6.07 Å². The number of likely N-dealkylation sites (N-methyl/N-ethyl adjacent to an activating group) is 1. The highest BCUT2D eigenvalue weighted by atomic mass is 16.2. The Morgan fingerprint density at radius 1 is 1.59 bits per heavy atom. The zero-order valence-electron chi connectivity index (χ0n) is 9.94. The van der Waals surface area contributed by atoms with E-state index >= 15 is 0 Å². The molecule has 1 aromatic rings. The molecule has 1 aromatic heterocycles. The molecule has 2 atom stereocenters. The van der Waals surface area contributed by atoms with Crippen molar-refractivity contribution < 1.29 is 4.79 Å². The van der Waals surface area contributed by atoms with Gasteiger partial charge in [-0.25, -0.2) is 0 Å². The van der Waals surface area contributed by atoms with Crippen LogP contribution in [-0.4, -0.2) is 37.1 Å². The second-order valence-electron chi connectivity index (χ2n) is 4.24. The molecule has 2 heterocycles. The van der Waals surface area contributed by atoms with E-state index in [-0.39, 0.29) is 17.9 Å². The van der Waals surface area contributed by atoms with Gasteiger partial charge >= 0.3 is 0 Å². The molecular formula is C12H18N4O. The summed E-state index contributed by atoms with van der Waals surface area (Å²) in [5, 5.41) is 9.32. The van der Waals surface area contributed by atoms with Gasteiger partial charge in [0.25, 0.3) is 0 Å². The van der Waals surface area contributed by atoms with Crippen molar-refractivity contribution >= 4 is 5.91 Å². The van der Waals surface area contributed by atoms with Gasteiger partial charge < -0.3 is 16.0 Å². The highest BCUT2D eigenvalue weighted by molar-refractivity contribution is 5.80. The third-order valence-corrected chi connectivity index (χ3v) is 3.11. The molecule has 1 aliphatic heterocycles. The molecule has 0 radical (unpaired) electrons. The number of nitrogens with zero attached hydrogens (tertiary/aromatic N) is 1. The molecule has 92 valence electrons. The zero-order chi connectivity index (χ0) is 12.1. The third-order valence-electron chi connectivity index (χ3n) is 3.11. The predicted molar refractivity (Wildman–Crippen MR) is 65.3 cm³/mol. The van der Waals surface area contributed by atoms with Gasteiger partial charge in [-0.05, 0) is 18.7 Å². The average Bonchev–Trinajstić information content (AvgIpc) is 2.85. The molecule has 17 heavy (non-hydrogen) atoms. The Hall–Kier alpha value is -1.46. The van der Waals surface area contributed by atoms with Crippen LogP contribution in [0.4, 0.5) is 0 Å². The normalized spacial score (nSPS) is 23.6. The number of hydrogen-bond acceptors (Lipinski definition) is 4. The van der Waals surface area contributed by atoms with Gasteiger partial charge in [-0.2, -0.15) is 0 Å². The molecule has 1 fully saturated rings. The van der Waals surface area contributed by atoms with E-state index in [0.717, 1.165) is 18.7 Å². The molecule has 1 amide bonds. The monoisotopic (exact) mass is 234 g/mol. The van der Waals surface area contributed by atoms with Gasteiger partial charge in [0, 0.05) is 38.1 Å². The number of nitrogens with one attached hydrogen (secondary N) is 3. The first-order chi connectivity index (χ1) is 8.31. The van der Waals surface area contributed by atoms with E-state index in [1.54, 1.807) is 12.4 Å². The Kier molecular flexibility index (Phi) is 4.06. The van der Waals surface area contributed by atoms with Crippen LogP contribution >= 0.6 is 0 Å². The zero-order valence-corrected chi connectivity index (χ0v) is 9.94. The van der Waals surface area contributed by atoms with E-state index in [1.807, 2.05) is 19.2 Å². The highest BCUT2D eigenvalue weighted by Gasteiger charge is 2.31. The summed E-state index contributed by atoms with van der Waals surface area (Å²) in [6, 6.07) is 4.05. The lowest BCUT2D eigenvalue weighted by atomic mass is 10.0. The van der Waals surface area contributed by atoms with Crippen LogP contribution in [0.3, 0.4) is 0 Å². The minimum atomic E-state index is 0.0108. The predicted octanol–water partition coefficient (Wildman–Crippen LogP) is -0.495. The van der Waals surface area contributed by atoms with Crippen molar-refractivity contribution in [1.29, 1.82) is 0 Å². The molecule has 0 aromatic carbocycles. The minimum Gasteiger partial charge on any atom is -0.352 e. The fraction of sp³-hybridized carbons (Fsp3) is 0.500. The Bertz CT molecular complexity index is 368. The maximum absolute atomic E-state index is 12.0. The van der Waals surface area contributed by atoms with Crippen LogP contribution in [0.5, 0.6) is 0 Å². The molecule has 5 nitrogen and oxygen atoms in total. The van der Waals surface area contributed by atoms with Crippen LogP contribution in [0.25, 0.3) is 0 Å². The van der Waals surface area contributed by atoms with Gasteiger partial charge in [0.05, 0.1) is 5.92 Å². The molecule has 2 unspecified atom stereocenters. The molecule has 5 heteroatoms. The topological polar surface area (TPSA) is 66.0 Å². The van der Waals surface area contributed by atoms with Crippen LogP contribution in [0.1, 0.15) is 5.56 Å². The maximum Gasteiger partial charge on any atom is 0.226 e. The summed E-state index contributed by atoms with van der Waals surface area (Å²) in [4.78, 5) is 16.0. The van der Waals surface area contributed by atoms with Gasteiger partial charge in [-0.3, -0.25) is 9.78 Å². The van der Waals surface area contributed by atoms with Crippen molar-refractivity contribution in [2.45, 2.75) is 12.6 Å². The second-order valence-corrected chi connectivity index (χ2v) is 4.24. The first-order valence-corrected chi connectivity index (χ1v) is 5.86. The molecule has 0 bridgehead atoms. The molecule has 1 saturated heterocycles. The summed E-state index contributed by atoms with van der Waals surface area (Å²) in [5.74, 6) is 0.106. The van der Waals surface area contributed by atoms with Crippen molar-refractivity contribution in [3.05, 3.63) is 30.1 Å². The Morgan fingerprint density at radius 3 is 3.18 bits per heavy atom. The maximum atomic E-state index is 12.0. The fourth-order valence-electron chi connectivity index (χ4n) is 2.08. The van der Waals surface area contributed by atoms with Crippen LogP contribution in [0.15, 0.2) is 24.5 Å². The number of rotatable bonds is 4. The van der Waals surface area contributed by atoms with E-state index in [2.05, 4.69) is 20.9 Å². The number of hydrogen-bond donors (Lipinski definition) is 3. The summed E-state index contributed by atoms with van der Waals surface area (Å²) in [5.41, 5.74) is 1.02. The van der Waals surface area contributed by atoms with Crippen molar-refractivity contribution in [2.75, 3.05) is 20.1 Å².